The fourth-order valence-corrected chi connectivity index (χ4v) is 3.57. The SMILES string of the molecule is CC(C)CS(=O)(=O)Nc1c(Cl)cc(Cl)cc1C(=O)O. The van der Waals surface area contributed by atoms with Crippen LogP contribution in [0.5, 0.6) is 0 Å². The number of carboxylic acids is 1. The molecule has 0 saturated heterocycles. The number of hydrogen-bond acceptors (Lipinski definition) is 3. The minimum absolute atomic E-state index is 0.0581. The summed E-state index contributed by atoms with van der Waals surface area (Å²) in [7, 11) is -3.67. The average molecular weight is 326 g/mol. The Morgan fingerprint density at radius 2 is 1.95 bits per heavy atom. The number of halogens is 2. The highest BCUT2D eigenvalue weighted by Gasteiger charge is 2.21. The quantitative estimate of drug-likeness (QED) is 0.871. The number of hydrogen-bond donors (Lipinski definition) is 2. The van der Waals surface area contributed by atoms with E-state index in [9.17, 15) is 13.2 Å². The van der Waals surface area contributed by atoms with Gasteiger partial charge in [-0.1, -0.05) is 37.0 Å². The Balaban J connectivity index is 3.24. The zero-order valence-corrected chi connectivity index (χ0v) is 12.6. The second-order valence-electron chi connectivity index (χ2n) is 4.39. The Hall–Kier alpha value is -0.980. The molecule has 2 N–H and O–H groups in total. The maximum absolute atomic E-state index is 11.8. The minimum Gasteiger partial charge on any atom is -0.478 e. The van der Waals surface area contributed by atoms with Crippen LogP contribution in [-0.2, 0) is 10.0 Å². The summed E-state index contributed by atoms with van der Waals surface area (Å²) in [4.78, 5) is 11.1. The van der Waals surface area contributed by atoms with Crippen LogP contribution in [0.3, 0.4) is 0 Å². The lowest BCUT2D eigenvalue weighted by Gasteiger charge is -2.13. The molecule has 0 aliphatic rings. The van der Waals surface area contributed by atoms with Gasteiger partial charge in [-0.2, -0.15) is 0 Å². The van der Waals surface area contributed by atoms with E-state index in [0.717, 1.165) is 6.07 Å². The molecule has 0 spiro atoms. The largest absolute Gasteiger partial charge is 0.478 e. The van der Waals surface area contributed by atoms with Gasteiger partial charge in [-0.25, -0.2) is 13.2 Å². The molecule has 0 aliphatic carbocycles. The van der Waals surface area contributed by atoms with Gasteiger partial charge in [0.25, 0.3) is 0 Å². The van der Waals surface area contributed by atoms with E-state index in [-0.39, 0.29) is 33.0 Å². The van der Waals surface area contributed by atoms with Gasteiger partial charge in [0, 0.05) is 5.02 Å². The van der Waals surface area contributed by atoms with E-state index in [1.54, 1.807) is 13.8 Å². The van der Waals surface area contributed by atoms with Crippen molar-refractivity contribution in [2.75, 3.05) is 10.5 Å². The summed E-state index contributed by atoms with van der Waals surface area (Å²) in [5, 5.41) is 9.10. The standard InChI is InChI=1S/C11H13Cl2NO4S/c1-6(2)5-19(17,18)14-10-8(11(15)16)3-7(12)4-9(10)13/h3-4,6,14H,5H2,1-2H3,(H,15,16). The maximum atomic E-state index is 11.8. The summed E-state index contributed by atoms with van der Waals surface area (Å²) in [5.41, 5.74) is -0.455. The van der Waals surface area contributed by atoms with Gasteiger partial charge in [0.05, 0.1) is 22.0 Å². The molecule has 0 fully saturated rings. The van der Waals surface area contributed by atoms with E-state index in [2.05, 4.69) is 4.72 Å². The molecule has 19 heavy (non-hydrogen) atoms. The summed E-state index contributed by atoms with van der Waals surface area (Å²) in [6.07, 6.45) is 0. The average Bonchev–Trinajstić information content (AvgIpc) is 2.19. The van der Waals surface area contributed by atoms with E-state index in [1.807, 2.05) is 0 Å². The van der Waals surface area contributed by atoms with Crippen molar-refractivity contribution < 1.29 is 18.3 Å². The lowest BCUT2D eigenvalue weighted by molar-refractivity contribution is 0.0698. The number of rotatable bonds is 5. The molecule has 0 unspecified atom stereocenters. The number of nitrogens with one attached hydrogen (secondary N) is 1. The van der Waals surface area contributed by atoms with Crippen molar-refractivity contribution in [3.8, 4) is 0 Å². The maximum Gasteiger partial charge on any atom is 0.337 e. The van der Waals surface area contributed by atoms with Crippen molar-refractivity contribution in [2.24, 2.45) is 5.92 Å². The number of carboxylic acid groups (broad SMARTS) is 1. The molecule has 0 saturated carbocycles. The lowest BCUT2D eigenvalue weighted by Crippen LogP contribution is -2.21. The van der Waals surface area contributed by atoms with Crippen molar-refractivity contribution in [3.05, 3.63) is 27.7 Å². The van der Waals surface area contributed by atoms with Crippen LogP contribution in [0, 0.1) is 5.92 Å². The van der Waals surface area contributed by atoms with Crippen molar-refractivity contribution in [1.82, 2.24) is 0 Å². The predicted octanol–water partition coefficient (Wildman–Crippen LogP) is 3.09. The lowest BCUT2D eigenvalue weighted by atomic mass is 10.2. The van der Waals surface area contributed by atoms with E-state index >= 15 is 0 Å². The van der Waals surface area contributed by atoms with E-state index in [1.165, 1.54) is 6.07 Å². The number of aromatic carboxylic acids is 1. The Labute approximate surface area is 121 Å². The third-order valence-corrected chi connectivity index (χ3v) is 4.23. The fourth-order valence-electron chi connectivity index (χ4n) is 1.48. The zero-order chi connectivity index (χ0) is 14.8. The van der Waals surface area contributed by atoms with Crippen LogP contribution in [0.15, 0.2) is 12.1 Å². The zero-order valence-electron chi connectivity index (χ0n) is 10.3. The summed E-state index contributed by atoms with van der Waals surface area (Å²) in [5.74, 6) is -1.55. The van der Waals surface area contributed by atoms with Crippen molar-refractivity contribution in [3.63, 3.8) is 0 Å². The molecule has 0 bridgehead atoms. The molecule has 1 aromatic rings. The number of benzene rings is 1. The number of anilines is 1. The molecule has 0 atom stereocenters. The Morgan fingerprint density at radius 1 is 1.37 bits per heavy atom. The molecule has 0 aromatic heterocycles. The van der Waals surface area contributed by atoms with Gasteiger partial charge in [0.1, 0.15) is 0 Å². The first-order valence-corrected chi connectivity index (χ1v) is 7.76. The van der Waals surface area contributed by atoms with Crippen LogP contribution in [0.4, 0.5) is 5.69 Å². The first-order chi connectivity index (χ1) is 8.62. The molecule has 106 valence electrons. The first kappa shape index (κ1) is 16.1. The van der Waals surface area contributed by atoms with Crippen LogP contribution in [0.1, 0.15) is 24.2 Å². The second kappa shape index (κ2) is 5.98. The monoisotopic (exact) mass is 325 g/mol. The van der Waals surface area contributed by atoms with Crippen molar-refractivity contribution >= 4 is 44.9 Å². The summed E-state index contributed by atoms with van der Waals surface area (Å²) in [6.45, 7) is 3.47. The van der Waals surface area contributed by atoms with Gasteiger partial charge in [-0.05, 0) is 18.1 Å². The molecule has 0 aliphatic heterocycles. The summed E-state index contributed by atoms with van der Waals surface area (Å²) >= 11 is 11.5. The fraction of sp³-hybridized carbons (Fsp3) is 0.364. The molecular weight excluding hydrogens is 313 g/mol. The van der Waals surface area contributed by atoms with Crippen LogP contribution in [-0.4, -0.2) is 25.2 Å². The number of sulfonamides is 1. The Bertz CT molecular complexity index is 599. The highest BCUT2D eigenvalue weighted by Crippen LogP contribution is 2.31. The number of carbonyl (C=O) groups is 1. The molecule has 0 heterocycles. The van der Waals surface area contributed by atoms with Crippen LogP contribution in [0.2, 0.25) is 10.0 Å². The van der Waals surface area contributed by atoms with Gasteiger partial charge >= 0.3 is 5.97 Å². The molecule has 0 amide bonds. The normalized spacial score (nSPS) is 11.6. The predicted molar refractivity (Wildman–Crippen MR) is 75.7 cm³/mol. The molecule has 8 heteroatoms. The topological polar surface area (TPSA) is 83.5 Å². The molecule has 1 aromatic carbocycles. The van der Waals surface area contributed by atoms with Gasteiger partial charge in [-0.15, -0.1) is 0 Å². The van der Waals surface area contributed by atoms with Gasteiger partial charge in [0.15, 0.2) is 0 Å². The summed E-state index contributed by atoms with van der Waals surface area (Å²) in [6, 6.07) is 2.42. The van der Waals surface area contributed by atoms with Crippen molar-refractivity contribution in [2.45, 2.75) is 13.8 Å². The minimum atomic E-state index is -3.67. The van der Waals surface area contributed by atoms with Crippen LogP contribution in [0.25, 0.3) is 0 Å². The van der Waals surface area contributed by atoms with Crippen molar-refractivity contribution in [1.29, 1.82) is 0 Å². The Kier molecular flexibility index (Phi) is 5.06. The smallest absolute Gasteiger partial charge is 0.337 e. The third kappa shape index (κ3) is 4.56. The molecule has 5 nitrogen and oxygen atoms in total. The van der Waals surface area contributed by atoms with Gasteiger partial charge < -0.3 is 5.11 Å². The second-order valence-corrected chi connectivity index (χ2v) is 7.00. The summed E-state index contributed by atoms with van der Waals surface area (Å²) < 4.78 is 25.8. The van der Waals surface area contributed by atoms with E-state index in [0.29, 0.717) is 0 Å². The van der Waals surface area contributed by atoms with E-state index < -0.39 is 16.0 Å². The molecular formula is C11H13Cl2NO4S. The molecule has 1 rings (SSSR count). The van der Waals surface area contributed by atoms with Crippen LogP contribution >= 0.6 is 23.2 Å². The first-order valence-electron chi connectivity index (χ1n) is 5.35. The Morgan fingerprint density at radius 3 is 2.42 bits per heavy atom. The highest BCUT2D eigenvalue weighted by atomic mass is 35.5. The van der Waals surface area contributed by atoms with Gasteiger partial charge in [0.2, 0.25) is 10.0 Å². The highest BCUT2D eigenvalue weighted by molar-refractivity contribution is 7.92. The third-order valence-electron chi connectivity index (χ3n) is 2.10. The van der Waals surface area contributed by atoms with Crippen LogP contribution < -0.4 is 4.72 Å². The molecule has 0 radical (unpaired) electrons. The van der Waals surface area contributed by atoms with E-state index in [4.69, 9.17) is 28.3 Å². The van der Waals surface area contributed by atoms with Gasteiger partial charge in [-0.3, -0.25) is 4.72 Å².